The molecule has 1 aliphatic heterocycles. The molecule has 2 aromatic carbocycles. The highest BCUT2D eigenvalue weighted by atomic mass is 19.1. The average Bonchev–Trinajstić information content (AvgIpc) is 2.53. The van der Waals surface area contributed by atoms with Crippen LogP contribution in [0.3, 0.4) is 0 Å². The van der Waals surface area contributed by atoms with Crippen LogP contribution in [0.15, 0.2) is 53.7 Å². The maximum Gasteiger partial charge on any atom is 0.258 e. The van der Waals surface area contributed by atoms with Crippen molar-refractivity contribution in [3.8, 4) is 0 Å². The molecule has 0 saturated heterocycles. The van der Waals surface area contributed by atoms with Crippen LogP contribution in [0.1, 0.15) is 22.3 Å². The van der Waals surface area contributed by atoms with Gasteiger partial charge >= 0.3 is 0 Å². The van der Waals surface area contributed by atoms with E-state index in [4.69, 9.17) is 5.21 Å². The first kappa shape index (κ1) is 13.3. The first-order valence-corrected chi connectivity index (χ1v) is 6.58. The van der Waals surface area contributed by atoms with Gasteiger partial charge in [0.05, 0.1) is 11.4 Å². The molecule has 3 rings (SSSR count). The van der Waals surface area contributed by atoms with Gasteiger partial charge in [-0.25, -0.2) is 4.39 Å². The fourth-order valence-corrected chi connectivity index (χ4v) is 2.52. The van der Waals surface area contributed by atoms with E-state index >= 15 is 0 Å². The van der Waals surface area contributed by atoms with E-state index in [2.05, 4.69) is 5.16 Å². The first-order valence-electron chi connectivity index (χ1n) is 6.58. The zero-order chi connectivity index (χ0) is 14.8. The smallest absolute Gasteiger partial charge is 0.258 e. The molecule has 1 heterocycles. The number of benzene rings is 2. The number of carbonyl (C=O) groups excluding carboxylic acids is 1. The minimum absolute atomic E-state index is 0.265. The molecule has 0 bridgehead atoms. The number of hydrogen-bond donors (Lipinski definition) is 1. The molecule has 1 amide bonds. The molecule has 0 aliphatic carbocycles. The lowest BCUT2D eigenvalue weighted by molar-refractivity contribution is 0.0986. The van der Waals surface area contributed by atoms with Crippen LogP contribution in [-0.4, -0.2) is 23.4 Å². The summed E-state index contributed by atoms with van der Waals surface area (Å²) >= 11 is 0. The lowest BCUT2D eigenvalue weighted by Gasteiger charge is -2.29. The summed E-state index contributed by atoms with van der Waals surface area (Å²) < 4.78 is 13.3. The Morgan fingerprint density at radius 3 is 2.76 bits per heavy atom. The molecule has 1 N–H and O–H groups in total. The molecule has 5 heteroatoms. The SMILES string of the molecule is O=C(c1cccc(F)c1)N1CCC(=NO)c2ccccc21. The van der Waals surface area contributed by atoms with Crippen molar-refractivity contribution in [3.05, 3.63) is 65.5 Å². The minimum atomic E-state index is -0.441. The van der Waals surface area contributed by atoms with Crippen LogP contribution in [0.5, 0.6) is 0 Å². The van der Waals surface area contributed by atoms with E-state index in [0.29, 0.717) is 29.9 Å². The number of rotatable bonds is 1. The second-order valence-electron chi connectivity index (χ2n) is 4.78. The normalized spacial score (nSPS) is 15.9. The van der Waals surface area contributed by atoms with Crippen molar-refractivity contribution in [1.29, 1.82) is 0 Å². The Bertz CT molecular complexity index is 728. The van der Waals surface area contributed by atoms with Gasteiger partial charge in [-0.3, -0.25) is 4.79 Å². The number of amides is 1. The Labute approximate surface area is 121 Å². The van der Waals surface area contributed by atoms with Crippen LogP contribution in [-0.2, 0) is 0 Å². The van der Waals surface area contributed by atoms with E-state index in [1.165, 1.54) is 18.2 Å². The summed E-state index contributed by atoms with van der Waals surface area (Å²) in [5, 5.41) is 12.3. The summed E-state index contributed by atoms with van der Waals surface area (Å²) in [4.78, 5) is 14.1. The Morgan fingerprint density at radius 1 is 1.19 bits per heavy atom. The molecule has 4 nitrogen and oxygen atoms in total. The van der Waals surface area contributed by atoms with Gasteiger partial charge in [0.15, 0.2) is 0 Å². The maximum atomic E-state index is 13.3. The summed E-state index contributed by atoms with van der Waals surface area (Å²) in [6.45, 7) is 0.395. The third-order valence-corrected chi connectivity index (χ3v) is 3.52. The first-order chi connectivity index (χ1) is 10.2. The van der Waals surface area contributed by atoms with Gasteiger partial charge in [-0.05, 0) is 24.3 Å². The van der Waals surface area contributed by atoms with Crippen LogP contribution in [0.2, 0.25) is 0 Å². The van der Waals surface area contributed by atoms with Crippen molar-refractivity contribution >= 4 is 17.3 Å². The summed E-state index contributed by atoms with van der Waals surface area (Å²) in [6.07, 6.45) is 0.453. The van der Waals surface area contributed by atoms with Gasteiger partial charge in [0.25, 0.3) is 5.91 Å². The van der Waals surface area contributed by atoms with Crippen LogP contribution in [0.25, 0.3) is 0 Å². The number of carbonyl (C=O) groups is 1. The van der Waals surface area contributed by atoms with Crippen LogP contribution < -0.4 is 4.90 Å². The molecule has 0 unspecified atom stereocenters. The summed E-state index contributed by atoms with van der Waals surface area (Å²) in [6, 6.07) is 12.8. The summed E-state index contributed by atoms with van der Waals surface area (Å²) in [7, 11) is 0. The number of para-hydroxylation sites is 1. The Kier molecular flexibility index (Phi) is 3.39. The number of oxime groups is 1. The molecule has 0 spiro atoms. The number of hydrogen-bond acceptors (Lipinski definition) is 3. The van der Waals surface area contributed by atoms with Crippen molar-refractivity contribution in [2.45, 2.75) is 6.42 Å². The molecule has 106 valence electrons. The van der Waals surface area contributed by atoms with E-state index in [1.54, 1.807) is 23.1 Å². The summed E-state index contributed by atoms with van der Waals surface area (Å²) in [5.74, 6) is -0.706. The molecule has 0 atom stereocenters. The van der Waals surface area contributed by atoms with E-state index < -0.39 is 5.82 Å². The van der Waals surface area contributed by atoms with Crippen molar-refractivity contribution < 1.29 is 14.4 Å². The number of nitrogens with zero attached hydrogens (tertiary/aromatic N) is 2. The van der Waals surface area contributed by atoms with Gasteiger partial charge in [0.2, 0.25) is 0 Å². The van der Waals surface area contributed by atoms with Gasteiger partial charge in [-0.2, -0.15) is 0 Å². The topological polar surface area (TPSA) is 52.9 Å². The Morgan fingerprint density at radius 2 is 2.00 bits per heavy atom. The fraction of sp³-hybridized carbons (Fsp3) is 0.125. The average molecular weight is 284 g/mol. The largest absolute Gasteiger partial charge is 0.411 e. The molecule has 1 aliphatic rings. The number of anilines is 1. The second kappa shape index (κ2) is 5.36. The van der Waals surface area contributed by atoms with Crippen LogP contribution in [0, 0.1) is 5.82 Å². The van der Waals surface area contributed by atoms with E-state index in [9.17, 15) is 9.18 Å². The molecule has 2 aromatic rings. The third-order valence-electron chi connectivity index (χ3n) is 3.52. The van der Waals surface area contributed by atoms with Gasteiger partial charge in [0, 0.05) is 24.1 Å². The van der Waals surface area contributed by atoms with Crippen molar-refractivity contribution in [3.63, 3.8) is 0 Å². The minimum Gasteiger partial charge on any atom is -0.411 e. The Balaban J connectivity index is 2.02. The molecular formula is C16H13FN2O2. The van der Waals surface area contributed by atoms with Crippen LogP contribution >= 0.6 is 0 Å². The molecule has 0 aromatic heterocycles. The standard InChI is InChI=1S/C16H13FN2O2/c17-12-5-3-4-11(10-12)16(20)19-9-8-14(18-21)13-6-1-2-7-15(13)19/h1-7,10,21H,8-9H2. The van der Waals surface area contributed by atoms with Crippen molar-refractivity contribution in [1.82, 2.24) is 0 Å². The van der Waals surface area contributed by atoms with Gasteiger partial charge in [-0.15, -0.1) is 0 Å². The number of halogens is 1. The molecule has 0 saturated carbocycles. The van der Waals surface area contributed by atoms with Crippen LogP contribution in [0.4, 0.5) is 10.1 Å². The third kappa shape index (κ3) is 2.38. The zero-order valence-corrected chi connectivity index (χ0v) is 11.2. The van der Waals surface area contributed by atoms with Gasteiger partial charge < -0.3 is 10.1 Å². The highest BCUT2D eigenvalue weighted by molar-refractivity contribution is 6.14. The molecule has 0 fully saturated rings. The quantitative estimate of drug-likeness (QED) is 0.646. The van der Waals surface area contributed by atoms with Crippen molar-refractivity contribution in [2.75, 3.05) is 11.4 Å². The monoisotopic (exact) mass is 284 g/mol. The number of fused-ring (bicyclic) bond motifs is 1. The van der Waals surface area contributed by atoms with E-state index in [-0.39, 0.29) is 5.91 Å². The van der Waals surface area contributed by atoms with E-state index in [1.807, 2.05) is 12.1 Å². The zero-order valence-electron chi connectivity index (χ0n) is 11.2. The predicted molar refractivity (Wildman–Crippen MR) is 77.5 cm³/mol. The summed E-state index contributed by atoms with van der Waals surface area (Å²) in [5.41, 5.74) is 2.24. The predicted octanol–water partition coefficient (Wildman–Crippen LogP) is 3.05. The van der Waals surface area contributed by atoms with Gasteiger partial charge in [0.1, 0.15) is 5.82 Å². The Hall–Kier alpha value is -2.69. The molecule has 0 radical (unpaired) electrons. The van der Waals surface area contributed by atoms with Crippen molar-refractivity contribution in [2.24, 2.45) is 5.16 Å². The molecule has 21 heavy (non-hydrogen) atoms. The molecular weight excluding hydrogens is 271 g/mol. The lowest BCUT2D eigenvalue weighted by Crippen LogP contribution is -2.37. The van der Waals surface area contributed by atoms with E-state index in [0.717, 1.165) is 5.56 Å². The lowest BCUT2D eigenvalue weighted by atomic mass is 9.99. The highest BCUT2D eigenvalue weighted by Gasteiger charge is 2.27. The van der Waals surface area contributed by atoms with Gasteiger partial charge in [-0.1, -0.05) is 29.4 Å². The second-order valence-corrected chi connectivity index (χ2v) is 4.78. The fourth-order valence-electron chi connectivity index (χ4n) is 2.52. The highest BCUT2D eigenvalue weighted by Crippen LogP contribution is 2.28. The maximum absolute atomic E-state index is 13.3.